The van der Waals surface area contributed by atoms with Gasteiger partial charge in [0.1, 0.15) is 5.69 Å². The first-order valence-electron chi connectivity index (χ1n) is 5.91. The number of rotatable bonds is 6. The molecule has 1 aliphatic rings. The minimum atomic E-state index is -0.915. The van der Waals surface area contributed by atoms with Gasteiger partial charge in [-0.05, 0) is 25.0 Å². The van der Waals surface area contributed by atoms with Gasteiger partial charge in [0, 0.05) is 18.2 Å². The normalized spacial score (nSPS) is 15.4. The van der Waals surface area contributed by atoms with Crippen molar-refractivity contribution in [3.63, 3.8) is 0 Å². The average molecular weight is 279 g/mol. The molecule has 0 aliphatic heterocycles. The molecule has 1 saturated carbocycles. The van der Waals surface area contributed by atoms with Crippen LogP contribution >= 0.6 is 0 Å². The van der Waals surface area contributed by atoms with E-state index in [0.717, 1.165) is 6.07 Å². The number of hydrogen-bond donors (Lipinski definition) is 3. The summed E-state index contributed by atoms with van der Waals surface area (Å²) in [6, 6.07) is 3.79. The number of anilines is 1. The zero-order valence-electron chi connectivity index (χ0n) is 10.5. The van der Waals surface area contributed by atoms with Crippen molar-refractivity contribution >= 4 is 23.3 Å². The fourth-order valence-corrected chi connectivity index (χ4v) is 1.87. The van der Waals surface area contributed by atoms with Crippen LogP contribution in [0.15, 0.2) is 18.2 Å². The van der Waals surface area contributed by atoms with Crippen LogP contribution in [-0.4, -0.2) is 28.5 Å². The van der Waals surface area contributed by atoms with Crippen molar-refractivity contribution in [3.05, 3.63) is 33.9 Å². The first-order valence-corrected chi connectivity index (χ1v) is 5.91. The topological polar surface area (TPSA) is 136 Å². The summed E-state index contributed by atoms with van der Waals surface area (Å²) in [6.07, 6.45) is 1.09. The number of hydrogen-bond acceptors (Lipinski definition) is 5. The molecule has 0 atom stereocenters. The van der Waals surface area contributed by atoms with Gasteiger partial charge in [-0.2, -0.15) is 0 Å². The minimum Gasteiger partial charge on any atom is -0.481 e. The number of amides is 1. The van der Waals surface area contributed by atoms with Gasteiger partial charge in [0.2, 0.25) is 5.91 Å². The van der Waals surface area contributed by atoms with Crippen molar-refractivity contribution in [1.82, 2.24) is 0 Å². The molecule has 0 bridgehead atoms. The lowest BCUT2D eigenvalue weighted by Gasteiger charge is -2.12. The number of nitrogens with zero attached hydrogens (tertiary/aromatic N) is 1. The molecule has 8 heteroatoms. The second kappa shape index (κ2) is 4.80. The summed E-state index contributed by atoms with van der Waals surface area (Å²) in [4.78, 5) is 32.4. The molecule has 20 heavy (non-hydrogen) atoms. The molecule has 106 valence electrons. The monoisotopic (exact) mass is 279 g/mol. The maximum Gasteiger partial charge on any atom is 0.311 e. The third-order valence-electron chi connectivity index (χ3n) is 3.40. The zero-order valence-corrected chi connectivity index (χ0v) is 10.5. The van der Waals surface area contributed by atoms with Crippen LogP contribution in [0.25, 0.3) is 0 Å². The van der Waals surface area contributed by atoms with E-state index >= 15 is 0 Å². The summed E-state index contributed by atoms with van der Waals surface area (Å²) >= 11 is 0. The molecule has 1 aromatic rings. The Bertz CT molecular complexity index is 595. The van der Waals surface area contributed by atoms with E-state index in [4.69, 9.17) is 10.8 Å². The first kappa shape index (κ1) is 13.8. The maximum absolute atomic E-state index is 11.0. The number of primary amides is 1. The van der Waals surface area contributed by atoms with Crippen LogP contribution in [0.2, 0.25) is 0 Å². The van der Waals surface area contributed by atoms with Crippen LogP contribution in [0.3, 0.4) is 0 Å². The molecule has 4 N–H and O–H groups in total. The molecule has 0 unspecified atom stereocenters. The Morgan fingerprint density at radius 1 is 1.45 bits per heavy atom. The van der Waals surface area contributed by atoms with Gasteiger partial charge >= 0.3 is 5.97 Å². The van der Waals surface area contributed by atoms with Crippen LogP contribution in [0.1, 0.15) is 23.2 Å². The molecule has 0 aromatic heterocycles. The second-order valence-corrected chi connectivity index (χ2v) is 4.79. The van der Waals surface area contributed by atoms with Gasteiger partial charge in [0.15, 0.2) is 0 Å². The first-order chi connectivity index (χ1) is 9.35. The third-order valence-corrected chi connectivity index (χ3v) is 3.40. The predicted molar refractivity (Wildman–Crippen MR) is 69.4 cm³/mol. The molecule has 1 aliphatic carbocycles. The number of carboxylic acids is 1. The lowest BCUT2D eigenvalue weighted by molar-refractivity contribution is -0.384. The molecule has 0 saturated heterocycles. The Balaban J connectivity index is 2.21. The fourth-order valence-electron chi connectivity index (χ4n) is 1.87. The number of nitrogens with two attached hydrogens (primary N) is 1. The van der Waals surface area contributed by atoms with Crippen LogP contribution in [0.4, 0.5) is 11.4 Å². The van der Waals surface area contributed by atoms with E-state index in [-0.39, 0.29) is 23.5 Å². The summed E-state index contributed by atoms with van der Waals surface area (Å²) in [5, 5.41) is 22.8. The maximum atomic E-state index is 11.0. The van der Waals surface area contributed by atoms with Crippen molar-refractivity contribution in [1.29, 1.82) is 0 Å². The number of aliphatic carboxylic acids is 1. The van der Waals surface area contributed by atoms with E-state index in [1.807, 2.05) is 0 Å². The van der Waals surface area contributed by atoms with Crippen molar-refractivity contribution in [2.75, 3.05) is 11.9 Å². The number of carbonyl (C=O) groups is 2. The number of benzene rings is 1. The third kappa shape index (κ3) is 2.53. The Kier molecular flexibility index (Phi) is 3.31. The van der Waals surface area contributed by atoms with Gasteiger partial charge in [0.05, 0.1) is 10.3 Å². The summed E-state index contributed by atoms with van der Waals surface area (Å²) in [5.74, 6) is -1.68. The standard InChI is InChI=1S/C12H13N3O5/c13-10(16)7-1-2-8(9(5-7)15(19)20)14-6-12(3-4-12)11(17)18/h1-2,5,14H,3-4,6H2,(H2,13,16)(H,17,18). The lowest BCUT2D eigenvalue weighted by atomic mass is 10.1. The molecule has 0 radical (unpaired) electrons. The summed E-state index contributed by atoms with van der Waals surface area (Å²) in [7, 11) is 0. The smallest absolute Gasteiger partial charge is 0.311 e. The molecule has 1 aromatic carbocycles. The summed E-state index contributed by atoms with van der Waals surface area (Å²) in [5.41, 5.74) is 4.13. The number of nitrogens with one attached hydrogen (secondary N) is 1. The fraction of sp³-hybridized carbons (Fsp3) is 0.333. The Hall–Kier alpha value is -2.64. The summed E-state index contributed by atoms with van der Waals surface area (Å²) < 4.78 is 0. The molecule has 0 spiro atoms. The predicted octanol–water partition coefficient (Wildman–Crippen LogP) is 0.970. The van der Waals surface area contributed by atoms with Crippen molar-refractivity contribution in [3.8, 4) is 0 Å². The quantitative estimate of drug-likeness (QED) is 0.524. The van der Waals surface area contributed by atoms with E-state index in [1.165, 1.54) is 12.1 Å². The highest BCUT2D eigenvalue weighted by Crippen LogP contribution is 2.46. The van der Waals surface area contributed by atoms with Crippen LogP contribution in [-0.2, 0) is 4.79 Å². The second-order valence-electron chi connectivity index (χ2n) is 4.79. The number of nitro groups is 1. The van der Waals surface area contributed by atoms with Crippen LogP contribution in [0.5, 0.6) is 0 Å². The number of nitro benzene ring substituents is 1. The Morgan fingerprint density at radius 2 is 2.10 bits per heavy atom. The van der Waals surface area contributed by atoms with Crippen molar-refractivity contribution in [2.24, 2.45) is 11.1 Å². The van der Waals surface area contributed by atoms with Gasteiger partial charge in [-0.15, -0.1) is 0 Å². The largest absolute Gasteiger partial charge is 0.481 e. The molecule has 1 amide bonds. The van der Waals surface area contributed by atoms with E-state index < -0.39 is 22.2 Å². The molecule has 1 fully saturated rings. The molecule has 8 nitrogen and oxygen atoms in total. The van der Waals surface area contributed by atoms with Gasteiger partial charge in [-0.25, -0.2) is 0 Å². The van der Waals surface area contributed by atoms with Crippen molar-refractivity contribution in [2.45, 2.75) is 12.8 Å². The summed E-state index contributed by atoms with van der Waals surface area (Å²) in [6.45, 7) is 0.110. The van der Waals surface area contributed by atoms with E-state index in [0.29, 0.717) is 12.8 Å². The molecular weight excluding hydrogens is 266 g/mol. The van der Waals surface area contributed by atoms with Crippen molar-refractivity contribution < 1.29 is 19.6 Å². The Labute approximate surface area is 113 Å². The van der Waals surface area contributed by atoms with Gasteiger partial charge < -0.3 is 16.2 Å². The molecular formula is C12H13N3O5. The van der Waals surface area contributed by atoms with E-state index in [2.05, 4.69) is 5.32 Å². The Morgan fingerprint density at radius 3 is 2.55 bits per heavy atom. The highest BCUT2D eigenvalue weighted by molar-refractivity contribution is 5.94. The molecule has 0 heterocycles. The van der Waals surface area contributed by atoms with Gasteiger partial charge in [-0.1, -0.05) is 0 Å². The SMILES string of the molecule is NC(=O)c1ccc(NCC2(C(=O)O)CC2)c([N+](=O)[O-])c1. The van der Waals surface area contributed by atoms with Gasteiger partial charge in [0.25, 0.3) is 5.69 Å². The highest BCUT2D eigenvalue weighted by atomic mass is 16.6. The highest BCUT2D eigenvalue weighted by Gasteiger charge is 2.50. The number of carbonyl (C=O) groups excluding carboxylic acids is 1. The van der Waals surface area contributed by atoms with E-state index in [9.17, 15) is 19.7 Å². The van der Waals surface area contributed by atoms with Crippen LogP contribution in [0, 0.1) is 15.5 Å². The zero-order chi connectivity index (χ0) is 14.9. The lowest BCUT2D eigenvalue weighted by Crippen LogP contribution is -2.24. The van der Waals surface area contributed by atoms with Gasteiger partial charge in [-0.3, -0.25) is 19.7 Å². The minimum absolute atomic E-state index is 0.0293. The molecule has 2 rings (SSSR count). The average Bonchev–Trinajstić information content (AvgIpc) is 3.17. The van der Waals surface area contributed by atoms with E-state index in [1.54, 1.807) is 0 Å². The number of carboxylic acid groups (broad SMARTS) is 1. The van der Waals surface area contributed by atoms with Crippen LogP contribution < -0.4 is 11.1 Å².